The monoisotopic (exact) mass is 362 g/mol. The normalized spacial score (nSPS) is 13.7. The summed E-state index contributed by atoms with van der Waals surface area (Å²) in [5.74, 6) is 0.904. The van der Waals surface area contributed by atoms with Gasteiger partial charge < -0.3 is 9.88 Å². The van der Waals surface area contributed by atoms with Crippen LogP contribution in [-0.2, 0) is 19.6 Å². The number of thiazole rings is 1. The largest absolute Gasteiger partial charge is 0.324 e. The summed E-state index contributed by atoms with van der Waals surface area (Å²) in [5.41, 5.74) is 3.30. The van der Waals surface area contributed by atoms with Crippen LogP contribution in [0.3, 0.4) is 0 Å². The summed E-state index contributed by atoms with van der Waals surface area (Å²) in [4.78, 5) is 10.3. The number of nitrogens with zero attached hydrogens (tertiary/aromatic N) is 5. The standard InChI is InChI=1S/C19H18N6S/c1-2-4-14(5-3-1)19-22-12-16(26-19)13-24-8-7-21-18(24)17-10-15-11-20-6-9-25(15)23-17/h1-5,7-8,10,12,20H,6,9,11,13H2. The first-order valence-corrected chi connectivity index (χ1v) is 9.47. The first-order chi connectivity index (χ1) is 12.9. The van der Waals surface area contributed by atoms with Gasteiger partial charge in [-0.2, -0.15) is 5.10 Å². The zero-order valence-electron chi connectivity index (χ0n) is 14.2. The van der Waals surface area contributed by atoms with E-state index in [1.165, 1.54) is 10.6 Å². The summed E-state index contributed by atoms with van der Waals surface area (Å²) in [6.07, 6.45) is 5.80. The van der Waals surface area contributed by atoms with Gasteiger partial charge in [-0.05, 0) is 6.07 Å². The minimum Gasteiger partial charge on any atom is -0.324 e. The Morgan fingerprint density at radius 1 is 1.15 bits per heavy atom. The van der Waals surface area contributed by atoms with E-state index < -0.39 is 0 Å². The van der Waals surface area contributed by atoms with Gasteiger partial charge in [-0.3, -0.25) is 4.68 Å². The smallest absolute Gasteiger partial charge is 0.160 e. The first-order valence-electron chi connectivity index (χ1n) is 8.66. The van der Waals surface area contributed by atoms with Crippen LogP contribution in [0.25, 0.3) is 22.1 Å². The van der Waals surface area contributed by atoms with Crippen molar-refractivity contribution < 1.29 is 0 Å². The molecule has 3 aromatic heterocycles. The van der Waals surface area contributed by atoms with E-state index in [-0.39, 0.29) is 0 Å². The minimum absolute atomic E-state index is 0.750. The van der Waals surface area contributed by atoms with Crippen molar-refractivity contribution in [2.45, 2.75) is 19.6 Å². The van der Waals surface area contributed by atoms with E-state index in [4.69, 9.17) is 5.10 Å². The fraction of sp³-hybridized carbons (Fsp3) is 0.211. The molecule has 0 spiro atoms. The fourth-order valence-electron chi connectivity index (χ4n) is 3.23. The maximum atomic E-state index is 4.73. The molecule has 1 aliphatic rings. The number of benzene rings is 1. The van der Waals surface area contributed by atoms with E-state index in [0.717, 1.165) is 48.3 Å². The second kappa shape index (κ2) is 6.51. The lowest BCUT2D eigenvalue weighted by Crippen LogP contribution is -2.28. The van der Waals surface area contributed by atoms with Gasteiger partial charge in [0.25, 0.3) is 0 Å². The Morgan fingerprint density at radius 3 is 2.96 bits per heavy atom. The van der Waals surface area contributed by atoms with Gasteiger partial charge >= 0.3 is 0 Å². The Labute approximate surface area is 155 Å². The zero-order valence-corrected chi connectivity index (χ0v) is 15.0. The molecule has 4 aromatic rings. The molecule has 26 heavy (non-hydrogen) atoms. The van der Waals surface area contributed by atoms with Crippen LogP contribution < -0.4 is 5.32 Å². The third-order valence-electron chi connectivity index (χ3n) is 4.51. The molecule has 5 rings (SSSR count). The molecule has 1 N–H and O–H groups in total. The van der Waals surface area contributed by atoms with Crippen LogP contribution >= 0.6 is 11.3 Å². The van der Waals surface area contributed by atoms with Gasteiger partial charge in [-0.1, -0.05) is 30.3 Å². The van der Waals surface area contributed by atoms with Crippen LogP contribution in [0.4, 0.5) is 0 Å². The predicted molar refractivity (Wildman–Crippen MR) is 102 cm³/mol. The van der Waals surface area contributed by atoms with Crippen molar-refractivity contribution in [2.75, 3.05) is 6.54 Å². The van der Waals surface area contributed by atoms with Crippen LogP contribution in [0, 0.1) is 0 Å². The molecule has 0 atom stereocenters. The lowest BCUT2D eigenvalue weighted by molar-refractivity contribution is 0.476. The third-order valence-corrected chi connectivity index (χ3v) is 5.55. The number of fused-ring (bicyclic) bond motifs is 1. The summed E-state index contributed by atoms with van der Waals surface area (Å²) >= 11 is 1.72. The Bertz CT molecular complexity index is 1010. The van der Waals surface area contributed by atoms with Crippen molar-refractivity contribution in [3.05, 3.63) is 65.6 Å². The Morgan fingerprint density at radius 2 is 2.08 bits per heavy atom. The van der Waals surface area contributed by atoms with Gasteiger partial charge in [0.05, 0.1) is 18.8 Å². The van der Waals surface area contributed by atoms with Crippen LogP contribution in [0.15, 0.2) is 55.0 Å². The molecule has 7 heteroatoms. The molecular weight excluding hydrogens is 344 g/mol. The van der Waals surface area contributed by atoms with Crippen LogP contribution in [0.2, 0.25) is 0 Å². The Balaban J connectivity index is 1.42. The quantitative estimate of drug-likeness (QED) is 0.606. The van der Waals surface area contributed by atoms with Gasteiger partial charge in [0.15, 0.2) is 5.82 Å². The molecule has 0 saturated carbocycles. The third kappa shape index (κ3) is 2.85. The average Bonchev–Trinajstić information content (AvgIpc) is 3.41. The number of hydrogen-bond acceptors (Lipinski definition) is 5. The Hall–Kier alpha value is -2.77. The summed E-state index contributed by atoms with van der Waals surface area (Å²) < 4.78 is 4.22. The topological polar surface area (TPSA) is 60.6 Å². The second-order valence-corrected chi connectivity index (χ2v) is 7.41. The fourth-order valence-corrected chi connectivity index (χ4v) is 4.15. The minimum atomic E-state index is 0.750. The number of rotatable bonds is 4. The van der Waals surface area contributed by atoms with Crippen molar-refractivity contribution in [1.82, 2.24) is 29.6 Å². The van der Waals surface area contributed by atoms with Gasteiger partial charge in [0.2, 0.25) is 0 Å². The maximum Gasteiger partial charge on any atom is 0.160 e. The highest BCUT2D eigenvalue weighted by molar-refractivity contribution is 7.15. The second-order valence-electron chi connectivity index (χ2n) is 6.30. The summed E-state index contributed by atoms with van der Waals surface area (Å²) in [7, 11) is 0. The lowest BCUT2D eigenvalue weighted by atomic mass is 10.2. The summed E-state index contributed by atoms with van der Waals surface area (Å²) in [6, 6.07) is 12.4. The molecule has 0 aliphatic carbocycles. The molecule has 130 valence electrons. The summed E-state index contributed by atoms with van der Waals surface area (Å²) in [6.45, 7) is 3.49. The highest BCUT2D eigenvalue weighted by atomic mass is 32.1. The van der Waals surface area contributed by atoms with Crippen molar-refractivity contribution in [3.63, 3.8) is 0 Å². The first kappa shape index (κ1) is 15.5. The van der Waals surface area contributed by atoms with Crippen molar-refractivity contribution in [2.24, 2.45) is 0 Å². The van der Waals surface area contributed by atoms with Gasteiger partial charge in [-0.15, -0.1) is 11.3 Å². The highest BCUT2D eigenvalue weighted by Crippen LogP contribution is 2.26. The maximum absolute atomic E-state index is 4.73. The highest BCUT2D eigenvalue weighted by Gasteiger charge is 2.16. The van der Waals surface area contributed by atoms with Crippen molar-refractivity contribution in [1.29, 1.82) is 0 Å². The van der Waals surface area contributed by atoms with Crippen molar-refractivity contribution >= 4 is 11.3 Å². The zero-order chi connectivity index (χ0) is 17.3. The number of nitrogens with one attached hydrogen (secondary N) is 1. The van der Waals surface area contributed by atoms with E-state index >= 15 is 0 Å². The number of hydrogen-bond donors (Lipinski definition) is 1. The van der Waals surface area contributed by atoms with Crippen molar-refractivity contribution in [3.8, 4) is 22.1 Å². The van der Waals surface area contributed by atoms with E-state index in [1.807, 2.05) is 36.8 Å². The summed E-state index contributed by atoms with van der Waals surface area (Å²) in [5, 5.41) is 9.15. The average molecular weight is 362 g/mol. The van der Waals surface area contributed by atoms with E-state index in [9.17, 15) is 0 Å². The van der Waals surface area contributed by atoms with Crippen LogP contribution in [0.5, 0.6) is 0 Å². The molecule has 1 aromatic carbocycles. The van der Waals surface area contributed by atoms with Crippen LogP contribution in [0.1, 0.15) is 10.6 Å². The van der Waals surface area contributed by atoms with Gasteiger partial charge in [0, 0.05) is 42.1 Å². The molecule has 0 fully saturated rings. The molecule has 0 radical (unpaired) electrons. The number of imidazole rings is 1. The molecular formula is C19H18N6S. The SMILES string of the molecule is c1ccc(-c2ncc(Cn3ccnc3-c3cc4n(n3)CCNC4)s2)cc1. The van der Waals surface area contributed by atoms with Gasteiger partial charge in [0.1, 0.15) is 10.7 Å². The van der Waals surface area contributed by atoms with Gasteiger partial charge in [-0.25, -0.2) is 9.97 Å². The van der Waals surface area contributed by atoms with E-state index in [1.54, 1.807) is 11.3 Å². The molecule has 6 nitrogen and oxygen atoms in total. The molecule has 1 aliphatic heterocycles. The Kier molecular flexibility index (Phi) is 3.88. The van der Waals surface area contributed by atoms with Crippen LogP contribution in [-0.4, -0.2) is 30.9 Å². The number of aromatic nitrogens is 5. The predicted octanol–water partition coefficient (Wildman–Crippen LogP) is 3.02. The molecule has 4 heterocycles. The molecule has 0 unspecified atom stereocenters. The molecule has 0 saturated heterocycles. The lowest BCUT2D eigenvalue weighted by Gasteiger charge is -2.13. The van der Waals surface area contributed by atoms with E-state index in [2.05, 4.69) is 42.7 Å². The van der Waals surface area contributed by atoms with E-state index in [0.29, 0.717) is 0 Å². The molecule has 0 bridgehead atoms. The molecule has 0 amide bonds.